The first kappa shape index (κ1) is 21.3. The average Bonchev–Trinajstić information content (AvgIpc) is 2.75. The summed E-state index contributed by atoms with van der Waals surface area (Å²) in [5.41, 5.74) is 3.25. The maximum absolute atomic E-state index is 10.5. The minimum Gasteiger partial charge on any atom is -0.493 e. The second kappa shape index (κ2) is 9.85. The summed E-state index contributed by atoms with van der Waals surface area (Å²) in [6.45, 7) is 4.63. The molecule has 0 bridgehead atoms. The highest BCUT2D eigenvalue weighted by molar-refractivity contribution is 6.30. The van der Waals surface area contributed by atoms with E-state index in [2.05, 4.69) is 21.3 Å². The Morgan fingerprint density at radius 3 is 2.45 bits per heavy atom. The van der Waals surface area contributed by atoms with E-state index in [-0.39, 0.29) is 6.54 Å². The normalized spacial score (nSPS) is 14.9. The van der Waals surface area contributed by atoms with Gasteiger partial charge >= 0.3 is 0 Å². The molecule has 0 aromatic heterocycles. The molecule has 1 heterocycles. The predicted octanol–water partition coefficient (Wildman–Crippen LogP) is 3.41. The van der Waals surface area contributed by atoms with E-state index >= 15 is 0 Å². The molecule has 0 spiro atoms. The number of aliphatic hydroxyl groups is 1. The number of nitrogens with zero attached hydrogens (tertiary/aromatic N) is 2. The van der Waals surface area contributed by atoms with Crippen LogP contribution < -0.4 is 14.8 Å². The van der Waals surface area contributed by atoms with Crippen molar-refractivity contribution >= 4 is 17.6 Å². The first-order chi connectivity index (χ1) is 14.0. The number of ether oxygens (including phenoxy) is 2. The van der Waals surface area contributed by atoms with Crippen LogP contribution in [0.15, 0.2) is 41.4 Å². The maximum Gasteiger partial charge on any atom is 0.194 e. The van der Waals surface area contributed by atoms with Gasteiger partial charge in [0.2, 0.25) is 0 Å². The molecule has 1 atom stereocenters. The third-order valence-electron chi connectivity index (χ3n) is 5.02. The highest BCUT2D eigenvalue weighted by Gasteiger charge is 2.22. The van der Waals surface area contributed by atoms with Gasteiger partial charge in [-0.15, -0.1) is 0 Å². The number of hydrogen-bond donors (Lipinski definition) is 2. The third-order valence-corrected chi connectivity index (χ3v) is 5.27. The number of guanidine groups is 1. The van der Waals surface area contributed by atoms with E-state index in [0.29, 0.717) is 5.02 Å². The molecule has 1 unspecified atom stereocenters. The van der Waals surface area contributed by atoms with Crippen LogP contribution in [0.3, 0.4) is 0 Å². The number of aliphatic imine (C=N–C) groups is 1. The van der Waals surface area contributed by atoms with Gasteiger partial charge in [0.15, 0.2) is 17.5 Å². The van der Waals surface area contributed by atoms with E-state index < -0.39 is 6.10 Å². The lowest BCUT2D eigenvalue weighted by molar-refractivity contribution is 0.186. The molecule has 3 rings (SSSR count). The van der Waals surface area contributed by atoms with Crippen molar-refractivity contribution in [3.63, 3.8) is 0 Å². The van der Waals surface area contributed by atoms with Crippen LogP contribution in [0.25, 0.3) is 0 Å². The minimum atomic E-state index is -0.678. The van der Waals surface area contributed by atoms with Gasteiger partial charge in [0, 0.05) is 24.7 Å². The number of hydrogen-bond acceptors (Lipinski definition) is 4. The van der Waals surface area contributed by atoms with Gasteiger partial charge in [-0.1, -0.05) is 23.7 Å². The van der Waals surface area contributed by atoms with E-state index in [1.54, 1.807) is 26.4 Å². The first-order valence-corrected chi connectivity index (χ1v) is 10.1. The van der Waals surface area contributed by atoms with Gasteiger partial charge in [-0.05, 0) is 54.3 Å². The van der Waals surface area contributed by atoms with E-state index in [1.165, 1.54) is 11.1 Å². The molecular formula is C22H28ClN3O3. The summed E-state index contributed by atoms with van der Waals surface area (Å²) in [6, 6.07) is 11.3. The lowest BCUT2D eigenvalue weighted by Gasteiger charge is -2.32. The summed E-state index contributed by atoms with van der Waals surface area (Å²) < 4.78 is 10.9. The Kier molecular flexibility index (Phi) is 7.23. The molecule has 0 fully saturated rings. The quantitative estimate of drug-likeness (QED) is 0.557. The second-order valence-electron chi connectivity index (χ2n) is 6.91. The molecule has 29 heavy (non-hydrogen) atoms. The van der Waals surface area contributed by atoms with Crippen molar-refractivity contribution < 1.29 is 14.6 Å². The zero-order valence-electron chi connectivity index (χ0n) is 17.1. The van der Waals surface area contributed by atoms with E-state index in [1.807, 2.05) is 25.1 Å². The molecule has 0 amide bonds. The number of aliphatic hydroxyl groups excluding tert-OH is 1. The van der Waals surface area contributed by atoms with Gasteiger partial charge in [0.25, 0.3) is 0 Å². The van der Waals surface area contributed by atoms with Crippen LogP contribution >= 0.6 is 11.6 Å². The van der Waals surface area contributed by atoms with Crippen molar-refractivity contribution in [3.05, 3.63) is 58.1 Å². The summed E-state index contributed by atoms with van der Waals surface area (Å²) in [7, 11) is 3.30. The Morgan fingerprint density at radius 2 is 1.83 bits per heavy atom. The third kappa shape index (κ3) is 5.14. The molecular weight excluding hydrogens is 390 g/mol. The molecule has 2 aromatic carbocycles. The number of rotatable bonds is 6. The summed E-state index contributed by atoms with van der Waals surface area (Å²) in [5.74, 6) is 2.28. The molecule has 0 saturated carbocycles. The Balaban J connectivity index is 1.75. The van der Waals surface area contributed by atoms with E-state index in [0.717, 1.165) is 49.1 Å². The molecule has 1 aliphatic rings. The number of benzene rings is 2. The smallest absolute Gasteiger partial charge is 0.194 e. The van der Waals surface area contributed by atoms with Crippen LogP contribution in [0.1, 0.15) is 29.7 Å². The molecule has 6 nitrogen and oxygen atoms in total. The maximum atomic E-state index is 10.5. The van der Waals surface area contributed by atoms with Crippen molar-refractivity contribution in [2.75, 3.05) is 33.9 Å². The Morgan fingerprint density at radius 1 is 1.17 bits per heavy atom. The Bertz CT molecular complexity index is 855. The molecule has 0 saturated heterocycles. The number of halogens is 1. The predicted molar refractivity (Wildman–Crippen MR) is 116 cm³/mol. The largest absolute Gasteiger partial charge is 0.493 e. The fraction of sp³-hybridized carbons (Fsp3) is 0.409. The minimum absolute atomic E-state index is 0.277. The fourth-order valence-electron chi connectivity index (χ4n) is 3.45. The topological polar surface area (TPSA) is 66.3 Å². The molecule has 156 valence electrons. The van der Waals surface area contributed by atoms with Crippen molar-refractivity contribution in [2.45, 2.75) is 26.0 Å². The average molecular weight is 418 g/mol. The van der Waals surface area contributed by atoms with Gasteiger partial charge in [-0.2, -0.15) is 0 Å². The second-order valence-corrected chi connectivity index (χ2v) is 7.35. The number of methoxy groups -OCH3 is 2. The van der Waals surface area contributed by atoms with Gasteiger partial charge in [-0.25, -0.2) is 0 Å². The van der Waals surface area contributed by atoms with Crippen LogP contribution in [0.4, 0.5) is 0 Å². The highest BCUT2D eigenvalue weighted by atomic mass is 35.5. The highest BCUT2D eigenvalue weighted by Crippen LogP contribution is 2.33. The summed E-state index contributed by atoms with van der Waals surface area (Å²) in [4.78, 5) is 6.88. The van der Waals surface area contributed by atoms with Gasteiger partial charge in [0.1, 0.15) is 0 Å². The molecule has 1 aliphatic heterocycles. The summed E-state index contributed by atoms with van der Waals surface area (Å²) in [5, 5.41) is 14.5. The zero-order valence-corrected chi connectivity index (χ0v) is 17.9. The van der Waals surface area contributed by atoms with Gasteiger partial charge < -0.3 is 24.8 Å². The molecule has 2 N–H and O–H groups in total. The molecule has 2 aromatic rings. The summed E-state index contributed by atoms with van der Waals surface area (Å²) in [6.07, 6.45) is 0.210. The lowest BCUT2D eigenvalue weighted by Crippen LogP contribution is -2.44. The van der Waals surface area contributed by atoms with Crippen LogP contribution in [-0.2, 0) is 13.0 Å². The van der Waals surface area contributed by atoms with Gasteiger partial charge in [0.05, 0.1) is 26.9 Å². The molecule has 0 radical (unpaired) electrons. The van der Waals surface area contributed by atoms with Crippen molar-refractivity contribution in [2.24, 2.45) is 4.99 Å². The molecule has 0 aliphatic carbocycles. The SMILES string of the molecule is CCNC(=NCC(O)c1ccc(Cl)cc1)N1CCc2cc(OC)c(OC)cc2C1. The standard InChI is InChI=1S/C22H28ClN3O3/c1-4-24-22(25-13-19(27)15-5-7-18(23)8-6-15)26-10-9-16-11-20(28-2)21(29-3)12-17(16)14-26/h5-8,11-12,19,27H,4,9-10,13-14H2,1-3H3,(H,24,25). The van der Waals surface area contributed by atoms with Crippen LogP contribution in [-0.4, -0.2) is 49.8 Å². The monoisotopic (exact) mass is 417 g/mol. The van der Waals surface area contributed by atoms with Crippen LogP contribution in [0.2, 0.25) is 5.02 Å². The van der Waals surface area contributed by atoms with Crippen molar-refractivity contribution in [3.8, 4) is 11.5 Å². The van der Waals surface area contributed by atoms with Crippen LogP contribution in [0, 0.1) is 0 Å². The van der Waals surface area contributed by atoms with E-state index in [9.17, 15) is 5.11 Å². The van der Waals surface area contributed by atoms with Crippen LogP contribution in [0.5, 0.6) is 11.5 Å². The van der Waals surface area contributed by atoms with Crippen molar-refractivity contribution in [1.82, 2.24) is 10.2 Å². The first-order valence-electron chi connectivity index (χ1n) is 9.76. The zero-order chi connectivity index (χ0) is 20.8. The Labute approximate surface area is 177 Å². The van der Waals surface area contributed by atoms with Gasteiger partial charge in [-0.3, -0.25) is 4.99 Å². The van der Waals surface area contributed by atoms with Crippen molar-refractivity contribution in [1.29, 1.82) is 0 Å². The lowest BCUT2D eigenvalue weighted by atomic mass is 9.99. The molecule has 7 heteroatoms. The summed E-state index contributed by atoms with van der Waals surface area (Å²) >= 11 is 5.93. The Hall–Kier alpha value is -2.44. The van der Waals surface area contributed by atoms with E-state index in [4.69, 9.17) is 21.1 Å². The fourth-order valence-corrected chi connectivity index (χ4v) is 3.58. The number of nitrogens with one attached hydrogen (secondary N) is 1. The number of fused-ring (bicyclic) bond motifs is 1.